The van der Waals surface area contributed by atoms with E-state index in [0.717, 1.165) is 28.5 Å². The van der Waals surface area contributed by atoms with E-state index in [2.05, 4.69) is 0 Å². The molecule has 1 atom stereocenters. The maximum atomic E-state index is 12.8. The van der Waals surface area contributed by atoms with Gasteiger partial charge in [-0.25, -0.2) is 13.2 Å². The zero-order chi connectivity index (χ0) is 23.4. The third-order valence-electron chi connectivity index (χ3n) is 5.10. The summed E-state index contributed by atoms with van der Waals surface area (Å²) in [5.74, 6) is -0.104. The molecule has 2 amide bonds. The van der Waals surface area contributed by atoms with Gasteiger partial charge in [0.25, 0.3) is 10.0 Å². The molecule has 0 saturated carbocycles. The summed E-state index contributed by atoms with van der Waals surface area (Å²) < 4.78 is 32.1. The summed E-state index contributed by atoms with van der Waals surface area (Å²) >= 11 is 1.13. The highest BCUT2D eigenvalue weighted by Gasteiger charge is 2.32. The smallest absolute Gasteiger partial charge is 0.410 e. The highest BCUT2D eigenvalue weighted by molar-refractivity contribution is 7.91. The number of piperidine rings is 1. The molecule has 0 N–H and O–H groups in total. The van der Waals surface area contributed by atoms with Crippen molar-refractivity contribution in [2.24, 2.45) is 5.92 Å². The van der Waals surface area contributed by atoms with E-state index in [9.17, 15) is 18.0 Å². The second kappa shape index (κ2) is 10.3. The van der Waals surface area contributed by atoms with Crippen LogP contribution in [-0.2, 0) is 19.6 Å². The predicted molar refractivity (Wildman–Crippen MR) is 122 cm³/mol. The average Bonchev–Trinajstić information content (AvgIpc) is 3.20. The molecule has 31 heavy (non-hydrogen) atoms. The van der Waals surface area contributed by atoms with E-state index >= 15 is 0 Å². The molecule has 2 rings (SSSR count). The van der Waals surface area contributed by atoms with Gasteiger partial charge in [0, 0.05) is 32.7 Å². The number of rotatable bonds is 7. The highest BCUT2D eigenvalue weighted by atomic mass is 32.2. The average molecular weight is 474 g/mol. The molecule has 0 spiro atoms. The Balaban J connectivity index is 1.99. The van der Waals surface area contributed by atoms with E-state index < -0.39 is 15.6 Å². The number of ether oxygens (including phenoxy) is 1. The first kappa shape index (κ1) is 25.6. The van der Waals surface area contributed by atoms with Crippen LogP contribution in [0.15, 0.2) is 21.7 Å². The Labute approximate surface area is 190 Å². The minimum absolute atomic E-state index is 0.0250. The highest BCUT2D eigenvalue weighted by Crippen LogP contribution is 2.23. The van der Waals surface area contributed by atoms with Gasteiger partial charge < -0.3 is 14.5 Å². The number of carbonyl (C=O) groups is 2. The van der Waals surface area contributed by atoms with Crippen molar-refractivity contribution in [3.63, 3.8) is 0 Å². The fourth-order valence-corrected chi connectivity index (χ4v) is 5.80. The normalized spacial score (nSPS) is 17.8. The topological polar surface area (TPSA) is 87.2 Å². The maximum absolute atomic E-state index is 12.8. The molecule has 1 aromatic rings. The van der Waals surface area contributed by atoms with Crippen LogP contribution in [0, 0.1) is 5.92 Å². The summed E-state index contributed by atoms with van der Waals surface area (Å²) in [6.07, 6.45) is 1.37. The van der Waals surface area contributed by atoms with Gasteiger partial charge in [-0.15, -0.1) is 11.3 Å². The minimum Gasteiger partial charge on any atom is -0.444 e. The minimum atomic E-state index is -3.67. The second-order valence-corrected chi connectivity index (χ2v) is 12.5. The van der Waals surface area contributed by atoms with Gasteiger partial charge in [0.1, 0.15) is 9.81 Å². The van der Waals surface area contributed by atoms with Gasteiger partial charge in [-0.05, 0) is 64.8 Å². The van der Waals surface area contributed by atoms with Crippen molar-refractivity contribution in [2.75, 3.05) is 33.2 Å². The SMILES string of the molecule is CC(C)N(CC1CCCN(C(=O)CN(C)S(=O)(=O)c2cccs2)C1)C(=O)OC(C)(C)C. The molecule has 1 fully saturated rings. The fourth-order valence-electron chi connectivity index (χ4n) is 3.47. The Hall–Kier alpha value is -1.65. The lowest BCUT2D eigenvalue weighted by Crippen LogP contribution is -2.49. The number of amides is 2. The van der Waals surface area contributed by atoms with Crippen molar-refractivity contribution in [3.05, 3.63) is 17.5 Å². The number of thiophene rings is 1. The molecule has 1 aliphatic heterocycles. The molecule has 8 nitrogen and oxygen atoms in total. The Kier molecular flexibility index (Phi) is 8.52. The number of likely N-dealkylation sites (tertiary alicyclic amines) is 1. The number of likely N-dealkylation sites (N-methyl/N-ethyl adjacent to an activating group) is 1. The third kappa shape index (κ3) is 7.18. The Morgan fingerprint density at radius 3 is 2.55 bits per heavy atom. The van der Waals surface area contributed by atoms with Gasteiger partial charge in [-0.3, -0.25) is 4.79 Å². The van der Waals surface area contributed by atoms with Gasteiger partial charge in [0.05, 0.1) is 6.54 Å². The first-order valence-electron chi connectivity index (χ1n) is 10.6. The first-order chi connectivity index (χ1) is 14.3. The van der Waals surface area contributed by atoms with Crippen molar-refractivity contribution in [2.45, 2.75) is 63.3 Å². The molecule has 0 aliphatic carbocycles. The lowest BCUT2D eigenvalue weighted by molar-refractivity contribution is -0.133. The molecular formula is C21H35N3O5S2. The molecular weight excluding hydrogens is 438 g/mol. The Morgan fingerprint density at radius 1 is 1.32 bits per heavy atom. The van der Waals surface area contributed by atoms with Crippen molar-refractivity contribution in [1.29, 1.82) is 0 Å². The molecule has 10 heteroatoms. The van der Waals surface area contributed by atoms with Crippen LogP contribution in [-0.4, -0.2) is 79.4 Å². The van der Waals surface area contributed by atoms with Crippen LogP contribution < -0.4 is 0 Å². The van der Waals surface area contributed by atoms with Crippen molar-refractivity contribution < 1.29 is 22.7 Å². The van der Waals surface area contributed by atoms with Crippen molar-refractivity contribution in [1.82, 2.24) is 14.1 Å². The van der Waals surface area contributed by atoms with Crippen LogP contribution >= 0.6 is 11.3 Å². The molecule has 2 heterocycles. The summed E-state index contributed by atoms with van der Waals surface area (Å²) in [4.78, 5) is 28.9. The molecule has 0 aromatic carbocycles. The van der Waals surface area contributed by atoms with Crippen LogP contribution in [0.5, 0.6) is 0 Å². The first-order valence-corrected chi connectivity index (χ1v) is 12.9. The summed E-state index contributed by atoms with van der Waals surface area (Å²) in [7, 11) is -2.24. The number of carbonyl (C=O) groups excluding carboxylic acids is 2. The summed E-state index contributed by atoms with van der Waals surface area (Å²) in [5, 5.41) is 1.70. The summed E-state index contributed by atoms with van der Waals surface area (Å²) in [5.41, 5.74) is -0.572. The van der Waals surface area contributed by atoms with E-state index in [-0.39, 0.29) is 34.7 Å². The standard InChI is InChI=1S/C21H35N3O5S2/c1-16(2)24(20(26)29-21(3,4)5)14-17-9-7-11-23(13-17)18(25)15-22(6)31(27,28)19-10-8-12-30-19/h8,10,12,16-17H,7,9,11,13-15H2,1-6H3. The van der Waals surface area contributed by atoms with Crippen LogP contribution in [0.3, 0.4) is 0 Å². The lowest BCUT2D eigenvalue weighted by atomic mass is 9.97. The number of sulfonamides is 1. The summed E-state index contributed by atoms with van der Waals surface area (Å²) in [6.45, 7) is 10.8. The summed E-state index contributed by atoms with van der Waals surface area (Å²) in [6, 6.07) is 3.19. The molecule has 176 valence electrons. The van der Waals surface area contributed by atoms with Crippen LogP contribution in [0.2, 0.25) is 0 Å². The quantitative estimate of drug-likeness (QED) is 0.607. The van der Waals surface area contributed by atoms with Gasteiger partial charge in [-0.2, -0.15) is 4.31 Å². The van der Waals surface area contributed by atoms with Gasteiger partial charge in [0.2, 0.25) is 5.91 Å². The number of hydrogen-bond donors (Lipinski definition) is 0. The third-order valence-corrected chi connectivity index (χ3v) is 8.27. The molecule has 1 aliphatic rings. The zero-order valence-electron chi connectivity index (χ0n) is 19.3. The molecule has 1 unspecified atom stereocenters. The van der Waals surface area contributed by atoms with E-state index in [1.165, 1.54) is 13.1 Å². The molecule has 0 bridgehead atoms. The number of nitrogens with zero attached hydrogens (tertiary/aromatic N) is 3. The van der Waals surface area contributed by atoms with E-state index in [4.69, 9.17) is 4.74 Å². The lowest BCUT2D eigenvalue weighted by Gasteiger charge is -2.38. The van der Waals surface area contributed by atoms with Crippen LogP contribution in [0.4, 0.5) is 4.79 Å². The van der Waals surface area contributed by atoms with Crippen LogP contribution in [0.1, 0.15) is 47.5 Å². The van der Waals surface area contributed by atoms with Gasteiger partial charge >= 0.3 is 6.09 Å². The van der Waals surface area contributed by atoms with Crippen molar-refractivity contribution in [3.8, 4) is 0 Å². The molecule has 1 saturated heterocycles. The molecule has 0 radical (unpaired) electrons. The van der Waals surface area contributed by atoms with E-state index in [1.54, 1.807) is 21.2 Å². The van der Waals surface area contributed by atoms with E-state index in [1.807, 2.05) is 34.6 Å². The largest absolute Gasteiger partial charge is 0.444 e. The molecule has 1 aromatic heterocycles. The second-order valence-electron chi connectivity index (χ2n) is 9.27. The van der Waals surface area contributed by atoms with Crippen molar-refractivity contribution >= 4 is 33.4 Å². The van der Waals surface area contributed by atoms with Gasteiger partial charge in [0.15, 0.2) is 0 Å². The fraction of sp³-hybridized carbons (Fsp3) is 0.714. The van der Waals surface area contributed by atoms with Gasteiger partial charge in [-0.1, -0.05) is 6.07 Å². The monoisotopic (exact) mass is 473 g/mol. The maximum Gasteiger partial charge on any atom is 0.410 e. The Morgan fingerprint density at radius 2 is 2.00 bits per heavy atom. The Bertz CT molecular complexity index is 847. The predicted octanol–water partition coefficient (Wildman–Crippen LogP) is 3.25. The number of hydrogen-bond acceptors (Lipinski definition) is 6. The van der Waals surface area contributed by atoms with E-state index in [0.29, 0.717) is 19.6 Å². The zero-order valence-corrected chi connectivity index (χ0v) is 21.0. The van der Waals surface area contributed by atoms with Crippen LogP contribution in [0.25, 0.3) is 0 Å².